The number of rotatable bonds is 4. The Bertz CT molecular complexity index is 3500. The highest BCUT2D eigenvalue weighted by molar-refractivity contribution is 6.23. The van der Waals surface area contributed by atoms with E-state index in [0.717, 1.165) is 49.9 Å². The number of hydrogen-bond donors (Lipinski definition) is 0. The molecule has 58 heavy (non-hydrogen) atoms. The monoisotopic (exact) mass is 744 g/mol. The fourth-order valence-electron chi connectivity index (χ4n) is 10.8. The molecule has 3 aliphatic rings. The fourth-order valence-corrected chi connectivity index (χ4v) is 10.8. The molecule has 0 saturated carbocycles. The standard InChI is InChI=1S/C54H40N4/c1-3-16-35(17-4-1)55-47-28-13-9-24-43(47)51-49(55)32-33-50-52(51)44-25-10-14-29-48(44)56(50)37-20-15-21-38(34-37)58-46-27-12-8-23-40(46)42-31-30-41-39-22-7-11-26-45(39)57(53(41)54(42)58)36-18-5-2-6-19-36/h2-3,5-6,8,10-21,23,25-34H,1,4,7,9,22,24H2. The smallest absolute Gasteiger partial charge is 0.0788 e. The van der Waals surface area contributed by atoms with Crippen molar-refractivity contribution in [2.45, 2.75) is 38.5 Å². The Labute approximate surface area is 336 Å². The second kappa shape index (κ2) is 12.2. The molecule has 10 aromatic rings. The minimum absolute atomic E-state index is 1.04. The number of allylic oxidation sites excluding steroid dienone is 6. The quantitative estimate of drug-likeness (QED) is 0.171. The molecule has 0 N–H and O–H groups in total. The molecule has 3 aliphatic carbocycles. The van der Waals surface area contributed by atoms with Gasteiger partial charge >= 0.3 is 0 Å². The predicted molar refractivity (Wildman–Crippen MR) is 245 cm³/mol. The summed E-state index contributed by atoms with van der Waals surface area (Å²) >= 11 is 0. The Morgan fingerprint density at radius 3 is 1.78 bits per heavy atom. The largest absolute Gasteiger partial charge is 0.310 e. The van der Waals surface area contributed by atoms with Crippen LogP contribution < -0.4 is 0 Å². The van der Waals surface area contributed by atoms with Crippen molar-refractivity contribution >= 4 is 83.3 Å². The highest BCUT2D eigenvalue weighted by atomic mass is 15.1. The fraction of sp³-hybridized carbons (Fsp3) is 0.111. The molecule has 0 unspecified atom stereocenters. The summed E-state index contributed by atoms with van der Waals surface area (Å²) < 4.78 is 10.1. The number of para-hydroxylation sites is 3. The topological polar surface area (TPSA) is 19.7 Å². The molecule has 0 saturated heterocycles. The molecule has 4 aromatic heterocycles. The number of nitrogens with zero attached hydrogens (tertiary/aromatic N) is 4. The Balaban J connectivity index is 1.11. The molecule has 4 heterocycles. The van der Waals surface area contributed by atoms with E-state index in [0.29, 0.717) is 0 Å². The number of hydrogen-bond acceptors (Lipinski definition) is 0. The number of benzene rings is 6. The van der Waals surface area contributed by atoms with Gasteiger partial charge in [0, 0.05) is 66.5 Å². The average Bonchev–Trinajstić information content (AvgIpc) is 4.02. The van der Waals surface area contributed by atoms with E-state index in [4.69, 9.17) is 0 Å². The van der Waals surface area contributed by atoms with Crippen LogP contribution in [0.1, 0.15) is 48.2 Å². The van der Waals surface area contributed by atoms with Crippen molar-refractivity contribution in [3.63, 3.8) is 0 Å². The first-order valence-electron chi connectivity index (χ1n) is 20.9. The minimum atomic E-state index is 1.04. The predicted octanol–water partition coefficient (Wildman–Crippen LogP) is 13.9. The van der Waals surface area contributed by atoms with Crippen LogP contribution in [0.5, 0.6) is 0 Å². The lowest BCUT2D eigenvalue weighted by atomic mass is 9.98. The lowest BCUT2D eigenvalue weighted by molar-refractivity contribution is 0.963. The summed E-state index contributed by atoms with van der Waals surface area (Å²) in [5.74, 6) is 0. The van der Waals surface area contributed by atoms with Crippen LogP contribution in [-0.4, -0.2) is 18.3 Å². The van der Waals surface area contributed by atoms with E-state index >= 15 is 0 Å². The lowest BCUT2D eigenvalue weighted by Gasteiger charge is -2.15. The molecule has 6 aromatic carbocycles. The van der Waals surface area contributed by atoms with Gasteiger partial charge in [0.15, 0.2) is 0 Å². The van der Waals surface area contributed by atoms with Crippen molar-refractivity contribution in [1.82, 2.24) is 18.3 Å². The molecule has 0 radical (unpaired) electrons. The van der Waals surface area contributed by atoms with E-state index in [1.807, 2.05) is 0 Å². The molecule has 0 aliphatic heterocycles. The maximum Gasteiger partial charge on any atom is 0.0788 e. The van der Waals surface area contributed by atoms with Crippen molar-refractivity contribution in [1.29, 1.82) is 0 Å². The van der Waals surface area contributed by atoms with Gasteiger partial charge < -0.3 is 18.3 Å². The number of aromatic nitrogens is 4. The van der Waals surface area contributed by atoms with Crippen molar-refractivity contribution in [3.05, 3.63) is 180 Å². The van der Waals surface area contributed by atoms with Crippen LogP contribution in [0, 0.1) is 0 Å². The highest BCUT2D eigenvalue weighted by Crippen LogP contribution is 2.45. The second-order valence-corrected chi connectivity index (χ2v) is 16.2. The van der Waals surface area contributed by atoms with E-state index < -0.39 is 0 Å². The van der Waals surface area contributed by atoms with Crippen molar-refractivity contribution in [3.8, 4) is 17.1 Å². The molecule has 276 valence electrons. The summed E-state index contributed by atoms with van der Waals surface area (Å²) in [6.07, 6.45) is 22.8. The zero-order valence-corrected chi connectivity index (χ0v) is 32.2. The Morgan fingerprint density at radius 2 is 0.983 bits per heavy atom. The first kappa shape index (κ1) is 32.1. The molecule has 0 atom stereocenters. The minimum Gasteiger partial charge on any atom is -0.310 e. The molecule has 0 spiro atoms. The van der Waals surface area contributed by atoms with Crippen LogP contribution in [0.2, 0.25) is 0 Å². The maximum atomic E-state index is 2.53. The third-order valence-electron chi connectivity index (χ3n) is 13.1. The molecular formula is C54H40N4. The second-order valence-electron chi connectivity index (χ2n) is 16.2. The first-order valence-corrected chi connectivity index (χ1v) is 20.9. The molecule has 13 rings (SSSR count). The Kier molecular flexibility index (Phi) is 6.77. The van der Waals surface area contributed by atoms with Gasteiger partial charge in [-0.2, -0.15) is 0 Å². The van der Waals surface area contributed by atoms with Crippen LogP contribution in [-0.2, 0) is 12.8 Å². The summed E-state index contributed by atoms with van der Waals surface area (Å²) in [6.45, 7) is 0. The normalized spacial score (nSPS) is 15.1. The van der Waals surface area contributed by atoms with Gasteiger partial charge in [0.25, 0.3) is 0 Å². The van der Waals surface area contributed by atoms with Gasteiger partial charge in [-0.05, 0) is 122 Å². The third-order valence-corrected chi connectivity index (χ3v) is 13.1. The number of aryl methyl sites for hydroxylation is 2. The van der Waals surface area contributed by atoms with Gasteiger partial charge in [-0.1, -0.05) is 97.1 Å². The molecule has 0 bridgehead atoms. The van der Waals surface area contributed by atoms with Gasteiger partial charge in [0.05, 0.1) is 33.1 Å². The van der Waals surface area contributed by atoms with Gasteiger partial charge in [-0.25, -0.2) is 0 Å². The van der Waals surface area contributed by atoms with E-state index in [9.17, 15) is 0 Å². The van der Waals surface area contributed by atoms with Gasteiger partial charge in [-0.3, -0.25) is 0 Å². The molecule has 0 amide bonds. The van der Waals surface area contributed by atoms with Crippen LogP contribution in [0.15, 0.2) is 158 Å². The van der Waals surface area contributed by atoms with Crippen molar-refractivity contribution in [2.24, 2.45) is 0 Å². The zero-order chi connectivity index (χ0) is 37.9. The van der Waals surface area contributed by atoms with E-state index in [2.05, 4.69) is 188 Å². The van der Waals surface area contributed by atoms with E-state index in [-0.39, 0.29) is 0 Å². The van der Waals surface area contributed by atoms with Crippen molar-refractivity contribution in [2.75, 3.05) is 0 Å². The van der Waals surface area contributed by atoms with Crippen LogP contribution in [0.3, 0.4) is 0 Å². The molecule has 4 heteroatoms. The zero-order valence-electron chi connectivity index (χ0n) is 32.2. The summed E-state index contributed by atoms with van der Waals surface area (Å²) in [7, 11) is 0. The SMILES string of the molecule is C1=CC(n2c3c(c4c5c6ccccc6n(-c6cccc(-n7c8ccccc8c8ccc9c%10c(n(-c%11ccccc%11)c9c87)C=CCC%10)c6)c5ccc42)CCC=C3)=CCC1. The summed E-state index contributed by atoms with van der Waals surface area (Å²) in [5, 5.41) is 7.93. The Morgan fingerprint density at radius 1 is 0.362 bits per heavy atom. The van der Waals surface area contributed by atoms with Crippen LogP contribution in [0.25, 0.3) is 100 Å². The number of fused-ring (bicyclic) bond motifs is 14. The summed E-state index contributed by atoms with van der Waals surface area (Å²) in [4.78, 5) is 0. The van der Waals surface area contributed by atoms with Crippen molar-refractivity contribution < 1.29 is 0 Å². The van der Waals surface area contributed by atoms with E-state index in [1.54, 1.807) is 0 Å². The van der Waals surface area contributed by atoms with Crippen LogP contribution >= 0.6 is 0 Å². The first-order chi connectivity index (χ1) is 28.8. The third kappa shape index (κ3) is 4.35. The molecular weight excluding hydrogens is 705 g/mol. The van der Waals surface area contributed by atoms with Gasteiger partial charge in [-0.15, -0.1) is 0 Å². The van der Waals surface area contributed by atoms with Crippen LogP contribution in [0.4, 0.5) is 0 Å². The highest BCUT2D eigenvalue weighted by Gasteiger charge is 2.27. The van der Waals surface area contributed by atoms with Gasteiger partial charge in [0.2, 0.25) is 0 Å². The summed E-state index contributed by atoms with van der Waals surface area (Å²) in [5.41, 5.74) is 17.8. The molecule has 4 nitrogen and oxygen atoms in total. The molecule has 0 fully saturated rings. The Hall–Kier alpha value is -7.04. The van der Waals surface area contributed by atoms with Gasteiger partial charge in [0.1, 0.15) is 0 Å². The maximum absolute atomic E-state index is 2.53. The summed E-state index contributed by atoms with van der Waals surface area (Å²) in [6, 6.07) is 47.7. The van der Waals surface area contributed by atoms with E-state index in [1.165, 1.54) is 99.3 Å². The lowest BCUT2D eigenvalue weighted by Crippen LogP contribution is -2.02. The average molecular weight is 745 g/mol.